The minimum absolute atomic E-state index is 0.104. The Kier molecular flexibility index (Phi) is 6.86. The van der Waals surface area contributed by atoms with Gasteiger partial charge in [0.2, 0.25) is 11.9 Å². The lowest BCUT2D eigenvalue weighted by molar-refractivity contribution is -0.127. The second-order valence-electron chi connectivity index (χ2n) is 11.1. The molecule has 0 bridgehead atoms. The quantitative estimate of drug-likeness (QED) is 0.506. The first kappa shape index (κ1) is 23.9. The molecule has 1 N–H and O–H groups in total. The molecule has 186 valence electrons. The summed E-state index contributed by atoms with van der Waals surface area (Å²) in [5.74, 6) is 2.66. The number of carbonyl (C=O) groups excluding carboxylic acids is 1. The number of piperidine rings is 1. The van der Waals surface area contributed by atoms with Crippen molar-refractivity contribution in [3.63, 3.8) is 0 Å². The predicted octanol–water partition coefficient (Wildman–Crippen LogP) is 5.86. The van der Waals surface area contributed by atoms with Crippen molar-refractivity contribution in [3.05, 3.63) is 59.2 Å². The van der Waals surface area contributed by atoms with Crippen molar-refractivity contribution in [3.8, 4) is 0 Å². The minimum Gasteiger partial charge on any atom is -0.353 e. The molecule has 0 radical (unpaired) electrons. The van der Waals surface area contributed by atoms with E-state index in [0.29, 0.717) is 17.9 Å². The Morgan fingerprint density at radius 1 is 1.03 bits per heavy atom. The van der Waals surface area contributed by atoms with Crippen LogP contribution in [-0.2, 0) is 11.3 Å². The number of hydrogen-bond acceptors (Lipinski definition) is 3. The number of nitrogens with one attached hydrogen (secondary N) is 1. The van der Waals surface area contributed by atoms with Gasteiger partial charge >= 0.3 is 0 Å². The Bertz CT molecular complexity index is 1190. The molecule has 2 aromatic carbocycles. The summed E-state index contributed by atoms with van der Waals surface area (Å²) < 4.78 is 2.36. The van der Waals surface area contributed by atoms with Gasteiger partial charge in [-0.1, -0.05) is 62.6 Å². The molecule has 1 saturated carbocycles. The lowest BCUT2D eigenvalue weighted by atomic mass is 9.78. The van der Waals surface area contributed by atoms with Crippen LogP contribution in [0.3, 0.4) is 0 Å². The van der Waals surface area contributed by atoms with Gasteiger partial charge in [-0.15, -0.1) is 0 Å². The van der Waals surface area contributed by atoms with Gasteiger partial charge in [-0.25, -0.2) is 4.98 Å². The summed E-state index contributed by atoms with van der Waals surface area (Å²) in [4.78, 5) is 20.6. The third kappa shape index (κ3) is 4.96. The van der Waals surface area contributed by atoms with Crippen LogP contribution in [0.5, 0.6) is 0 Å². The van der Waals surface area contributed by atoms with Gasteiger partial charge in [-0.2, -0.15) is 0 Å². The van der Waals surface area contributed by atoms with E-state index in [1.54, 1.807) is 0 Å². The van der Waals surface area contributed by atoms with Gasteiger partial charge in [0.05, 0.1) is 17.6 Å². The Morgan fingerprint density at radius 3 is 2.60 bits per heavy atom. The van der Waals surface area contributed by atoms with Crippen LogP contribution >= 0.6 is 0 Å². The summed E-state index contributed by atoms with van der Waals surface area (Å²) in [7, 11) is 0. The maximum Gasteiger partial charge on any atom is 0.223 e. The molecule has 1 aromatic heterocycles. The topological polar surface area (TPSA) is 50.2 Å². The summed E-state index contributed by atoms with van der Waals surface area (Å²) in [5, 5.41) is 3.42. The van der Waals surface area contributed by atoms with E-state index in [4.69, 9.17) is 4.98 Å². The average molecular weight is 473 g/mol. The van der Waals surface area contributed by atoms with Crippen molar-refractivity contribution < 1.29 is 4.79 Å². The Hall–Kier alpha value is -2.82. The number of fused-ring (bicyclic) bond motifs is 1. The highest BCUT2D eigenvalue weighted by atomic mass is 16.2. The summed E-state index contributed by atoms with van der Waals surface area (Å²) in [5.41, 5.74) is 6.13. The van der Waals surface area contributed by atoms with Crippen molar-refractivity contribution in [1.82, 2.24) is 14.9 Å². The molecule has 0 unspecified atom stereocenters. The van der Waals surface area contributed by atoms with E-state index >= 15 is 0 Å². The zero-order chi connectivity index (χ0) is 24.5. The van der Waals surface area contributed by atoms with Crippen LogP contribution in [0.25, 0.3) is 11.0 Å². The minimum atomic E-state index is 0.104. The summed E-state index contributed by atoms with van der Waals surface area (Å²) in [6.45, 7) is 11.5. The molecule has 3 aromatic rings. The van der Waals surface area contributed by atoms with Gasteiger partial charge < -0.3 is 14.8 Å². The lowest BCUT2D eigenvalue weighted by Crippen LogP contribution is -2.48. The van der Waals surface area contributed by atoms with E-state index in [2.05, 4.69) is 84.9 Å². The highest BCUT2D eigenvalue weighted by Crippen LogP contribution is 2.31. The third-order valence-corrected chi connectivity index (χ3v) is 8.65. The number of anilines is 1. The molecule has 2 heterocycles. The summed E-state index contributed by atoms with van der Waals surface area (Å²) >= 11 is 0. The zero-order valence-corrected chi connectivity index (χ0v) is 21.8. The van der Waals surface area contributed by atoms with E-state index in [1.807, 2.05) is 0 Å². The van der Waals surface area contributed by atoms with Crippen LogP contribution in [0, 0.1) is 31.6 Å². The molecule has 35 heavy (non-hydrogen) atoms. The Balaban J connectivity index is 1.31. The zero-order valence-electron chi connectivity index (χ0n) is 21.8. The normalized spacial score (nSPS) is 23.5. The van der Waals surface area contributed by atoms with E-state index in [1.165, 1.54) is 35.0 Å². The molecule has 1 amide bonds. The van der Waals surface area contributed by atoms with E-state index in [9.17, 15) is 4.79 Å². The first-order chi connectivity index (χ1) is 16.9. The molecule has 3 atom stereocenters. The molecule has 5 nitrogen and oxygen atoms in total. The standard InChI is InChI=1S/C30H40N4O/c1-20-12-13-22(3)25(18-20)19-34-28-11-6-5-9-27(28)32-30(34)33-16-14-24(15-17-33)29(35)31-26-10-7-8-21(2)23(26)4/h5-6,9,11-13,18,21,23-24,26H,7-8,10,14-17,19H2,1-4H3,(H,31,35)/t21-,23+,26+/m0/s1. The number of hydrogen-bond donors (Lipinski definition) is 1. The number of aromatic nitrogens is 2. The van der Waals surface area contributed by atoms with Gasteiger partial charge in [-0.3, -0.25) is 4.79 Å². The second-order valence-corrected chi connectivity index (χ2v) is 11.1. The number of amides is 1. The molecule has 5 rings (SSSR count). The van der Waals surface area contributed by atoms with Gasteiger partial charge in [0.15, 0.2) is 0 Å². The van der Waals surface area contributed by atoms with Crippen LogP contribution < -0.4 is 10.2 Å². The fourth-order valence-electron chi connectivity index (χ4n) is 6.03. The predicted molar refractivity (Wildman–Crippen MR) is 144 cm³/mol. The summed E-state index contributed by atoms with van der Waals surface area (Å²) in [6, 6.07) is 15.4. The molecule has 0 spiro atoms. The van der Waals surface area contributed by atoms with E-state index < -0.39 is 0 Å². The Morgan fingerprint density at radius 2 is 1.80 bits per heavy atom. The van der Waals surface area contributed by atoms with Crippen LogP contribution in [0.2, 0.25) is 0 Å². The number of imidazole rings is 1. The van der Waals surface area contributed by atoms with Gasteiger partial charge in [0.1, 0.15) is 0 Å². The SMILES string of the molecule is Cc1ccc(C)c(Cn2c(N3CCC(C(=O)N[C@@H]4CCC[C@H](C)[C@H]4C)CC3)nc3ccccc32)c1. The van der Waals surface area contributed by atoms with Gasteiger partial charge in [-0.05, 0) is 68.2 Å². The second kappa shape index (κ2) is 10.0. The van der Waals surface area contributed by atoms with Crippen molar-refractivity contribution >= 4 is 22.9 Å². The fraction of sp³-hybridized carbons (Fsp3) is 0.533. The maximum absolute atomic E-state index is 13.1. The van der Waals surface area contributed by atoms with Gasteiger partial charge in [0.25, 0.3) is 0 Å². The van der Waals surface area contributed by atoms with Crippen molar-refractivity contribution in [2.75, 3.05) is 18.0 Å². The lowest BCUT2D eigenvalue weighted by Gasteiger charge is -2.37. The van der Waals surface area contributed by atoms with Gasteiger partial charge in [0, 0.05) is 25.0 Å². The maximum atomic E-state index is 13.1. The molecular weight excluding hydrogens is 432 g/mol. The number of rotatable bonds is 5. The van der Waals surface area contributed by atoms with Crippen LogP contribution in [0.1, 0.15) is 62.6 Å². The number of carbonyl (C=O) groups is 1. The van der Waals surface area contributed by atoms with Crippen molar-refractivity contribution in [1.29, 1.82) is 0 Å². The number of benzene rings is 2. The fourth-order valence-corrected chi connectivity index (χ4v) is 6.03. The first-order valence-electron chi connectivity index (χ1n) is 13.5. The van der Waals surface area contributed by atoms with E-state index in [0.717, 1.165) is 50.4 Å². The monoisotopic (exact) mass is 472 g/mol. The average Bonchev–Trinajstić information content (AvgIpc) is 3.22. The Labute approximate surface area is 209 Å². The van der Waals surface area contributed by atoms with E-state index in [-0.39, 0.29) is 11.8 Å². The molecular formula is C30H40N4O. The largest absolute Gasteiger partial charge is 0.353 e. The van der Waals surface area contributed by atoms with Crippen molar-refractivity contribution in [2.24, 2.45) is 17.8 Å². The smallest absolute Gasteiger partial charge is 0.223 e. The van der Waals surface area contributed by atoms with Crippen LogP contribution in [0.15, 0.2) is 42.5 Å². The molecule has 5 heteroatoms. The first-order valence-corrected chi connectivity index (χ1v) is 13.5. The van der Waals surface area contributed by atoms with Crippen molar-refractivity contribution in [2.45, 2.75) is 72.4 Å². The highest BCUT2D eigenvalue weighted by molar-refractivity contribution is 5.80. The highest BCUT2D eigenvalue weighted by Gasteiger charge is 2.32. The number of aryl methyl sites for hydroxylation is 2. The van der Waals surface area contributed by atoms with Crippen LogP contribution in [0.4, 0.5) is 5.95 Å². The summed E-state index contributed by atoms with van der Waals surface area (Å²) in [6.07, 6.45) is 5.41. The number of nitrogens with zero attached hydrogens (tertiary/aromatic N) is 3. The third-order valence-electron chi connectivity index (χ3n) is 8.65. The molecule has 1 aliphatic heterocycles. The molecule has 2 aliphatic rings. The number of para-hydroxylation sites is 2. The molecule has 2 fully saturated rings. The van der Waals surface area contributed by atoms with Crippen LogP contribution in [-0.4, -0.2) is 34.6 Å². The molecule has 1 saturated heterocycles. The molecule has 1 aliphatic carbocycles.